The Morgan fingerprint density at radius 1 is 0.292 bits per heavy atom. The van der Waals surface area contributed by atoms with Crippen LogP contribution in [0, 0.1) is 0 Å². The van der Waals surface area contributed by atoms with E-state index in [-0.39, 0.29) is 0 Å². The van der Waals surface area contributed by atoms with E-state index in [4.69, 9.17) is 19.9 Å². The maximum atomic E-state index is 5.15. The molecule has 7 aromatic carbocycles. The largest absolute Gasteiger partial charge is 0.247 e. The third kappa shape index (κ3) is 4.88. The number of hydrogen-bond donors (Lipinski definition) is 0. The van der Waals surface area contributed by atoms with Crippen LogP contribution in [-0.2, 0) is 0 Å². The molecule has 4 heteroatoms. The van der Waals surface area contributed by atoms with Crippen molar-refractivity contribution in [2.45, 2.75) is 0 Å². The van der Waals surface area contributed by atoms with Gasteiger partial charge in [-0.1, -0.05) is 158 Å². The van der Waals surface area contributed by atoms with Crippen LogP contribution >= 0.6 is 0 Å². The standard InChI is InChI=1S/C44H28N4/c1-4-14-29(15-5-1)41-38-27-26-35-34(23-13-24-36(35)40(38)37-22-10-11-25-39(37)45-41)32-20-12-21-33(28-32)44-47-42(30-16-6-2-7-17-30)46-43(48-44)31-18-8-3-9-19-31/h1-28H. The lowest BCUT2D eigenvalue weighted by Crippen LogP contribution is -2.00. The smallest absolute Gasteiger partial charge is 0.164 e. The van der Waals surface area contributed by atoms with Crippen molar-refractivity contribution in [2.75, 3.05) is 0 Å². The number of benzene rings is 7. The van der Waals surface area contributed by atoms with E-state index in [2.05, 4.69) is 103 Å². The fourth-order valence-electron chi connectivity index (χ4n) is 6.64. The number of hydrogen-bond acceptors (Lipinski definition) is 4. The summed E-state index contributed by atoms with van der Waals surface area (Å²) in [6.45, 7) is 0. The van der Waals surface area contributed by atoms with Crippen LogP contribution < -0.4 is 0 Å². The van der Waals surface area contributed by atoms with Gasteiger partial charge in [-0.15, -0.1) is 0 Å². The minimum absolute atomic E-state index is 0.639. The summed E-state index contributed by atoms with van der Waals surface area (Å²) in [7, 11) is 0. The highest BCUT2D eigenvalue weighted by atomic mass is 15.0. The van der Waals surface area contributed by atoms with Crippen LogP contribution in [0.4, 0.5) is 0 Å². The van der Waals surface area contributed by atoms with Crippen LogP contribution in [-0.4, -0.2) is 19.9 Å². The Morgan fingerprint density at radius 3 is 1.48 bits per heavy atom. The molecule has 9 rings (SSSR count). The average Bonchev–Trinajstić information content (AvgIpc) is 3.18. The second-order valence-electron chi connectivity index (χ2n) is 11.9. The van der Waals surface area contributed by atoms with Gasteiger partial charge in [0.1, 0.15) is 0 Å². The first-order valence-corrected chi connectivity index (χ1v) is 16.1. The molecule has 4 nitrogen and oxygen atoms in total. The Labute approximate surface area is 278 Å². The van der Waals surface area contributed by atoms with E-state index in [0.29, 0.717) is 17.5 Å². The molecule has 0 spiro atoms. The van der Waals surface area contributed by atoms with E-state index in [1.54, 1.807) is 0 Å². The summed E-state index contributed by atoms with van der Waals surface area (Å²) in [6, 6.07) is 58.7. The normalized spacial score (nSPS) is 11.3. The van der Waals surface area contributed by atoms with Gasteiger partial charge in [-0.25, -0.2) is 19.9 Å². The molecule has 2 aromatic heterocycles. The Morgan fingerprint density at radius 2 is 0.792 bits per heavy atom. The highest BCUT2D eigenvalue weighted by molar-refractivity contribution is 6.24. The number of para-hydroxylation sites is 1. The first-order valence-electron chi connectivity index (χ1n) is 16.1. The van der Waals surface area contributed by atoms with E-state index in [1.165, 1.54) is 16.2 Å². The molecule has 9 aromatic rings. The molecule has 0 aliphatic carbocycles. The van der Waals surface area contributed by atoms with Crippen molar-refractivity contribution in [1.82, 2.24) is 19.9 Å². The first-order chi connectivity index (χ1) is 23.8. The summed E-state index contributed by atoms with van der Waals surface area (Å²) < 4.78 is 0. The number of nitrogens with zero attached hydrogens (tertiary/aromatic N) is 4. The zero-order chi connectivity index (χ0) is 31.9. The minimum atomic E-state index is 0.639. The predicted molar refractivity (Wildman–Crippen MR) is 197 cm³/mol. The maximum absolute atomic E-state index is 5.15. The van der Waals surface area contributed by atoms with Crippen molar-refractivity contribution in [1.29, 1.82) is 0 Å². The Hall–Kier alpha value is -6.52. The van der Waals surface area contributed by atoms with Crippen LogP contribution in [0.25, 0.3) is 89.0 Å². The van der Waals surface area contributed by atoms with E-state index >= 15 is 0 Å². The van der Waals surface area contributed by atoms with Gasteiger partial charge in [-0.2, -0.15) is 0 Å². The molecule has 0 atom stereocenters. The van der Waals surface area contributed by atoms with Crippen molar-refractivity contribution in [3.05, 3.63) is 170 Å². The number of aromatic nitrogens is 4. The number of rotatable bonds is 5. The molecule has 0 N–H and O–H groups in total. The molecule has 0 radical (unpaired) electrons. The van der Waals surface area contributed by atoms with Crippen LogP contribution in [0.1, 0.15) is 0 Å². The molecule has 0 unspecified atom stereocenters. The minimum Gasteiger partial charge on any atom is -0.247 e. The van der Waals surface area contributed by atoms with Crippen LogP contribution in [0.5, 0.6) is 0 Å². The molecule has 0 saturated carbocycles. The van der Waals surface area contributed by atoms with Gasteiger partial charge in [0.25, 0.3) is 0 Å². The van der Waals surface area contributed by atoms with Crippen molar-refractivity contribution in [3.63, 3.8) is 0 Å². The lowest BCUT2D eigenvalue weighted by molar-refractivity contribution is 1.07. The summed E-state index contributed by atoms with van der Waals surface area (Å²) >= 11 is 0. The van der Waals surface area contributed by atoms with Gasteiger partial charge in [0.2, 0.25) is 0 Å². The average molecular weight is 613 g/mol. The van der Waals surface area contributed by atoms with Crippen molar-refractivity contribution in [2.24, 2.45) is 0 Å². The van der Waals surface area contributed by atoms with Crippen LogP contribution in [0.15, 0.2) is 170 Å². The molecule has 0 fully saturated rings. The van der Waals surface area contributed by atoms with Crippen molar-refractivity contribution in [3.8, 4) is 56.5 Å². The fraction of sp³-hybridized carbons (Fsp3) is 0. The Kier molecular flexibility index (Phi) is 6.76. The lowest BCUT2D eigenvalue weighted by atomic mass is 9.91. The summed E-state index contributed by atoms with van der Waals surface area (Å²) in [4.78, 5) is 20.0. The van der Waals surface area contributed by atoms with E-state index < -0.39 is 0 Å². The SMILES string of the molecule is c1ccc(-c2nc(-c3ccccc3)nc(-c3cccc(-c4cccc5c4ccc4c(-c6ccccc6)nc6ccccc6c45)c3)n2)cc1. The molecule has 0 bridgehead atoms. The summed E-state index contributed by atoms with van der Waals surface area (Å²) in [6.07, 6.45) is 0. The third-order valence-corrected chi connectivity index (χ3v) is 8.90. The van der Waals surface area contributed by atoms with Crippen LogP contribution in [0.3, 0.4) is 0 Å². The quantitative estimate of drug-likeness (QED) is 0.181. The van der Waals surface area contributed by atoms with Gasteiger partial charge in [0, 0.05) is 38.4 Å². The van der Waals surface area contributed by atoms with E-state index in [9.17, 15) is 0 Å². The topological polar surface area (TPSA) is 51.6 Å². The van der Waals surface area contributed by atoms with E-state index in [1.807, 2.05) is 66.7 Å². The van der Waals surface area contributed by atoms with Crippen molar-refractivity contribution >= 4 is 32.4 Å². The Balaban J connectivity index is 1.24. The Bertz CT molecular complexity index is 2540. The van der Waals surface area contributed by atoms with Gasteiger partial charge in [-0.3, -0.25) is 0 Å². The highest BCUT2D eigenvalue weighted by Gasteiger charge is 2.16. The molecule has 0 saturated heterocycles. The molecule has 224 valence electrons. The number of fused-ring (bicyclic) bond motifs is 5. The fourth-order valence-corrected chi connectivity index (χ4v) is 6.64. The van der Waals surface area contributed by atoms with Gasteiger partial charge in [0.15, 0.2) is 17.5 Å². The molecular weight excluding hydrogens is 585 g/mol. The summed E-state index contributed by atoms with van der Waals surface area (Å²) in [5, 5.41) is 5.89. The van der Waals surface area contributed by atoms with Gasteiger partial charge < -0.3 is 0 Å². The third-order valence-electron chi connectivity index (χ3n) is 8.90. The summed E-state index contributed by atoms with van der Waals surface area (Å²) in [5.74, 6) is 1.94. The molecule has 0 aliphatic heterocycles. The van der Waals surface area contributed by atoms with Crippen molar-refractivity contribution < 1.29 is 0 Å². The maximum Gasteiger partial charge on any atom is 0.164 e. The molecular formula is C44H28N4. The van der Waals surface area contributed by atoms with Gasteiger partial charge in [0.05, 0.1) is 11.2 Å². The number of pyridine rings is 1. The molecule has 0 aliphatic rings. The lowest BCUT2D eigenvalue weighted by Gasteiger charge is -2.15. The molecule has 48 heavy (non-hydrogen) atoms. The second-order valence-corrected chi connectivity index (χ2v) is 11.9. The predicted octanol–water partition coefficient (Wildman–Crippen LogP) is 11.1. The van der Waals surface area contributed by atoms with Gasteiger partial charge in [-0.05, 0) is 34.0 Å². The first kappa shape index (κ1) is 27.8. The molecule has 2 heterocycles. The highest BCUT2D eigenvalue weighted by Crippen LogP contribution is 2.40. The summed E-state index contributed by atoms with van der Waals surface area (Å²) in [5.41, 5.74) is 8.18. The molecule has 0 amide bonds. The van der Waals surface area contributed by atoms with Gasteiger partial charge >= 0.3 is 0 Å². The zero-order valence-corrected chi connectivity index (χ0v) is 26.0. The monoisotopic (exact) mass is 612 g/mol. The van der Waals surface area contributed by atoms with Crippen LogP contribution in [0.2, 0.25) is 0 Å². The second kappa shape index (κ2) is 11.7. The van der Waals surface area contributed by atoms with E-state index in [0.717, 1.165) is 55.4 Å². The zero-order valence-electron chi connectivity index (χ0n) is 26.0.